The number of benzene rings is 1. The summed E-state index contributed by atoms with van der Waals surface area (Å²) in [5.74, 6) is -0.512. The second kappa shape index (κ2) is 11.6. The molecule has 3 aromatic rings. The Morgan fingerprint density at radius 1 is 1.22 bits per heavy atom. The van der Waals surface area contributed by atoms with Crippen LogP contribution in [-0.4, -0.2) is 49.6 Å². The van der Waals surface area contributed by atoms with Crippen molar-refractivity contribution in [2.75, 3.05) is 13.2 Å². The number of aliphatic carboxylic acids is 1. The van der Waals surface area contributed by atoms with Crippen molar-refractivity contribution < 1.29 is 19.7 Å². The Balaban J connectivity index is 0.00000361. The number of hydrogen-bond donors (Lipinski definition) is 2. The molecule has 0 bridgehead atoms. The molecule has 1 fully saturated rings. The summed E-state index contributed by atoms with van der Waals surface area (Å²) >= 11 is 0. The van der Waals surface area contributed by atoms with E-state index in [9.17, 15) is 19.8 Å². The molecule has 3 atom stereocenters. The van der Waals surface area contributed by atoms with Gasteiger partial charge in [0.05, 0.1) is 23.1 Å². The lowest BCUT2D eigenvalue weighted by atomic mass is 9.92. The molecule has 0 radical (unpaired) electrons. The number of fused-ring (bicyclic) bond motifs is 1. The number of aliphatic hydroxyl groups excluding tert-OH is 1. The topological polar surface area (TPSA) is 107 Å². The Kier molecular flexibility index (Phi) is 8.98. The minimum Gasteiger partial charge on any atom is -0.481 e. The zero-order valence-corrected chi connectivity index (χ0v) is 22.1. The lowest BCUT2D eigenvalue weighted by Crippen LogP contribution is -2.26. The average molecular weight is 518 g/mol. The van der Waals surface area contributed by atoms with Crippen LogP contribution in [0.5, 0.6) is 0 Å². The third kappa shape index (κ3) is 5.66. The first-order valence-corrected chi connectivity index (χ1v) is 12.3. The van der Waals surface area contributed by atoms with E-state index in [4.69, 9.17) is 9.72 Å². The number of imidazole rings is 1. The van der Waals surface area contributed by atoms with Gasteiger partial charge in [0.1, 0.15) is 5.82 Å². The van der Waals surface area contributed by atoms with Crippen LogP contribution >= 0.6 is 12.4 Å². The van der Waals surface area contributed by atoms with Crippen LogP contribution in [0.4, 0.5) is 0 Å². The van der Waals surface area contributed by atoms with Crippen molar-refractivity contribution in [2.45, 2.75) is 58.6 Å². The predicted molar refractivity (Wildman–Crippen MR) is 142 cm³/mol. The molecule has 0 saturated carbocycles. The molecule has 0 amide bonds. The Morgan fingerprint density at radius 3 is 2.53 bits per heavy atom. The van der Waals surface area contributed by atoms with Gasteiger partial charge in [-0.25, -0.2) is 4.98 Å². The number of hydrogen-bond acceptors (Lipinski definition) is 5. The first-order valence-electron chi connectivity index (χ1n) is 12.3. The van der Waals surface area contributed by atoms with Crippen molar-refractivity contribution in [1.82, 2.24) is 14.1 Å². The van der Waals surface area contributed by atoms with E-state index in [2.05, 4.69) is 17.6 Å². The molecule has 3 heterocycles. The Labute approximate surface area is 217 Å². The number of carboxylic acid groups (broad SMARTS) is 1. The third-order valence-electron chi connectivity index (χ3n) is 7.37. The molecule has 1 aliphatic heterocycles. The van der Waals surface area contributed by atoms with Crippen LogP contribution in [0.25, 0.3) is 22.4 Å². The number of pyridine rings is 1. The number of ether oxygens (including phenoxy) is 1. The second-order valence-corrected chi connectivity index (χ2v) is 9.87. The molecule has 1 unspecified atom stereocenters. The number of aliphatic hydroxyl groups is 1. The van der Waals surface area contributed by atoms with E-state index in [1.807, 2.05) is 31.3 Å². The highest BCUT2D eigenvalue weighted by atomic mass is 35.5. The van der Waals surface area contributed by atoms with Gasteiger partial charge in [0.15, 0.2) is 0 Å². The van der Waals surface area contributed by atoms with E-state index in [1.165, 1.54) is 6.92 Å². The number of aryl methyl sites for hydroxylation is 3. The Bertz CT molecular complexity index is 1250. The minimum atomic E-state index is -0.983. The van der Waals surface area contributed by atoms with Gasteiger partial charge in [0.25, 0.3) is 5.56 Å². The first kappa shape index (κ1) is 27.9. The summed E-state index contributed by atoms with van der Waals surface area (Å²) in [5.41, 5.74) is 4.37. The smallest absolute Gasteiger partial charge is 0.309 e. The average Bonchev–Trinajstić information content (AvgIpc) is 3.20. The summed E-state index contributed by atoms with van der Waals surface area (Å²) in [6.45, 7) is 7.08. The van der Waals surface area contributed by atoms with Crippen LogP contribution in [0.2, 0.25) is 0 Å². The standard InChI is InChI=1S/C27H35N3O5.ClH/c1-16-13-21(15-29(4)26(16)32)25-28-23-14-19(5-7-22(18(3)31)27(33)34)6-8-24(23)30(25)17(2)20-9-11-35-12-10-20;/h6,8,13-15,17-18,20,22,31H,5,7,9-12H2,1-4H3,(H,33,34);1H/t17?,18-,22+;/m1./s1. The van der Waals surface area contributed by atoms with E-state index in [0.717, 1.165) is 54.0 Å². The Morgan fingerprint density at radius 2 is 1.92 bits per heavy atom. The molecular formula is C27H36ClN3O5. The maximum atomic E-state index is 12.3. The lowest BCUT2D eigenvalue weighted by molar-refractivity contribution is -0.145. The predicted octanol–water partition coefficient (Wildman–Crippen LogP) is 4.13. The molecule has 196 valence electrons. The molecule has 0 spiro atoms. The summed E-state index contributed by atoms with van der Waals surface area (Å²) < 4.78 is 9.47. The van der Waals surface area contributed by atoms with E-state index in [1.54, 1.807) is 11.6 Å². The summed E-state index contributed by atoms with van der Waals surface area (Å²) in [5, 5.41) is 19.2. The summed E-state index contributed by atoms with van der Waals surface area (Å²) in [7, 11) is 1.76. The van der Waals surface area contributed by atoms with Gasteiger partial charge >= 0.3 is 5.97 Å². The summed E-state index contributed by atoms with van der Waals surface area (Å²) in [6.07, 6.45) is 3.79. The molecule has 4 rings (SSSR count). The summed E-state index contributed by atoms with van der Waals surface area (Å²) in [6, 6.07) is 8.19. The van der Waals surface area contributed by atoms with Crippen molar-refractivity contribution in [1.29, 1.82) is 0 Å². The van der Waals surface area contributed by atoms with Gasteiger partial charge < -0.3 is 24.1 Å². The van der Waals surface area contributed by atoms with Gasteiger partial charge in [0.2, 0.25) is 0 Å². The fourth-order valence-electron chi connectivity index (χ4n) is 5.22. The van der Waals surface area contributed by atoms with E-state index >= 15 is 0 Å². The third-order valence-corrected chi connectivity index (χ3v) is 7.37. The van der Waals surface area contributed by atoms with Gasteiger partial charge in [-0.2, -0.15) is 0 Å². The van der Waals surface area contributed by atoms with Crippen molar-refractivity contribution in [2.24, 2.45) is 18.9 Å². The molecule has 8 nitrogen and oxygen atoms in total. The number of aromatic nitrogens is 3. The van der Waals surface area contributed by atoms with Crippen LogP contribution in [0.1, 0.15) is 50.3 Å². The molecule has 9 heteroatoms. The fourth-order valence-corrected chi connectivity index (χ4v) is 5.22. The highest BCUT2D eigenvalue weighted by molar-refractivity contribution is 5.85. The highest BCUT2D eigenvalue weighted by Gasteiger charge is 2.27. The fraction of sp³-hybridized carbons (Fsp3) is 0.519. The number of rotatable bonds is 8. The zero-order chi connectivity index (χ0) is 25.3. The van der Waals surface area contributed by atoms with Gasteiger partial charge in [-0.15, -0.1) is 12.4 Å². The molecule has 1 aliphatic rings. The van der Waals surface area contributed by atoms with Crippen LogP contribution in [0.3, 0.4) is 0 Å². The van der Waals surface area contributed by atoms with Crippen molar-refractivity contribution in [3.63, 3.8) is 0 Å². The number of carbonyl (C=O) groups is 1. The molecular weight excluding hydrogens is 482 g/mol. The summed E-state index contributed by atoms with van der Waals surface area (Å²) in [4.78, 5) is 28.8. The van der Waals surface area contributed by atoms with Gasteiger partial charge in [0, 0.05) is 43.6 Å². The zero-order valence-electron chi connectivity index (χ0n) is 21.3. The van der Waals surface area contributed by atoms with E-state index in [-0.39, 0.29) is 24.0 Å². The monoisotopic (exact) mass is 517 g/mol. The van der Waals surface area contributed by atoms with Crippen LogP contribution in [0.15, 0.2) is 35.3 Å². The molecule has 2 N–H and O–H groups in total. The molecule has 0 aliphatic carbocycles. The van der Waals surface area contributed by atoms with Crippen molar-refractivity contribution in [3.8, 4) is 11.4 Å². The highest BCUT2D eigenvalue weighted by Crippen LogP contribution is 2.35. The maximum absolute atomic E-state index is 12.3. The number of halogens is 1. The molecule has 36 heavy (non-hydrogen) atoms. The van der Waals surface area contributed by atoms with E-state index < -0.39 is 18.0 Å². The van der Waals surface area contributed by atoms with Crippen LogP contribution in [-0.2, 0) is 23.0 Å². The lowest BCUT2D eigenvalue weighted by Gasteiger charge is -2.30. The SMILES string of the molecule is Cc1cc(-c2nc3cc(CC[C@H](C(=O)O)[C@@H](C)O)ccc3n2C(C)C2CCOCC2)cn(C)c1=O.Cl. The van der Waals surface area contributed by atoms with Crippen LogP contribution < -0.4 is 5.56 Å². The van der Waals surface area contributed by atoms with Crippen molar-refractivity contribution in [3.05, 3.63) is 51.9 Å². The van der Waals surface area contributed by atoms with Crippen LogP contribution in [0, 0.1) is 18.8 Å². The van der Waals surface area contributed by atoms with E-state index in [0.29, 0.717) is 24.3 Å². The quantitative estimate of drug-likeness (QED) is 0.465. The second-order valence-electron chi connectivity index (χ2n) is 9.87. The number of carboxylic acids is 1. The molecule has 1 aromatic carbocycles. The van der Waals surface area contributed by atoms with Gasteiger partial charge in [-0.05, 0) is 76.1 Å². The van der Waals surface area contributed by atoms with Gasteiger partial charge in [-0.3, -0.25) is 9.59 Å². The molecule has 2 aromatic heterocycles. The largest absolute Gasteiger partial charge is 0.481 e. The van der Waals surface area contributed by atoms with Gasteiger partial charge in [-0.1, -0.05) is 6.07 Å². The number of nitrogens with zero attached hydrogens (tertiary/aromatic N) is 3. The molecule has 1 saturated heterocycles. The normalized spacial score (nSPS) is 16.9. The Hall–Kier alpha value is -2.68. The minimum absolute atomic E-state index is 0. The first-order chi connectivity index (χ1) is 16.7. The van der Waals surface area contributed by atoms with Crippen molar-refractivity contribution >= 4 is 29.4 Å². The maximum Gasteiger partial charge on any atom is 0.309 e.